The van der Waals surface area contributed by atoms with E-state index in [1.807, 2.05) is 13.8 Å². The van der Waals surface area contributed by atoms with E-state index in [9.17, 15) is 13.2 Å². The van der Waals surface area contributed by atoms with Crippen LogP contribution in [0.2, 0.25) is 0 Å². The van der Waals surface area contributed by atoms with Crippen LogP contribution >= 0.6 is 10.7 Å². The Balaban J connectivity index is 2.05. The lowest BCUT2D eigenvalue weighted by Crippen LogP contribution is -2.43. The van der Waals surface area contributed by atoms with E-state index < -0.39 is 9.05 Å². The third kappa shape index (κ3) is 2.57. The van der Waals surface area contributed by atoms with Crippen molar-refractivity contribution in [3.05, 3.63) is 11.4 Å². The van der Waals surface area contributed by atoms with Crippen LogP contribution in [-0.4, -0.2) is 41.5 Å². The molecule has 0 unspecified atom stereocenters. The Labute approximate surface area is 128 Å². The number of halogens is 1. The molecule has 1 aromatic heterocycles. The van der Waals surface area contributed by atoms with Crippen LogP contribution in [0.4, 0.5) is 0 Å². The highest BCUT2D eigenvalue weighted by atomic mass is 35.7. The first kappa shape index (κ1) is 14.8. The first-order valence-electron chi connectivity index (χ1n) is 7.07. The number of likely N-dealkylation sites (tertiary alicyclic amines) is 1. The molecule has 0 spiro atoms. The summed E-state index contributed by atoms with van der Waals surface area (Å²) in [6.07, 6.45) is 3.58. The number of H-pyrrole nitrogens is 1. The molecular weight excluding hydrogens is 314 g/mol. The maximum atomic E-state index is 12.7. The topological polar surface area (TPSA) is 83.1 Å². The Hall–Kier alpha value is -1.08. The fraction of sp³-hybridized carbons (Fsp3) is 0.692. The summed E-state index contributed by atoms with van der Waals surface area (Å²) in [5, 5.41) is 6.69. The lowest BCUT2D eigenvalue weighted by molar-refractivity contribution is 0.0642. The van der Waals surface area contributed by atoms with E-state index in [0.717, 1.165) is 25.7 Å². The summed E-state index contributed by atoms with van der Waals surface area (Å²) in [5.41, 5.74) is 0.121. The second-order valence-electron chi connectivity index (χ2n) is 6.40. The van der Waals surface area contributed by atoms with Crippen molar-refractivity contribution in [3.63, 3.8) is 0 Å². The number of rotatable bonds is 3. The van der Waals surface area contributed by atoms with Gasteiger partial charge in [-0.15, -0.1) is 0 Å². The zero-order valence-corrected chi connectivity index (χ0v) is 13.6. The molecule has 116 valence electrons. The summed E-state index contributed by atoms with van der Waals surface area (Å²) < 4.78 is 23.8. The normalized spacial score (nSPS) is 21.8. The summed E-state index contributed by atoms with van der Waals surface area (Å²) >= 11 is 0. The highest BCUT2D eigenvalue weighted by Crippen LogP contribution is 2.43. The van der Waals surface area contributed by atoms with Crippen LogP contribution in [0, 0.1) is 0 Å². The molecule has 2 fully saturated rings. The first-order chi connectivity index (χ1) is 9.72. The Bertz CT molecular complexity index is 692. The van der Waals surface area contributed by atoms with Gasteiger partial charge in [0.25, 0.3) is 15.0 Å². The standard InChI is InChI=1S/C13H18ClN3O3S/c1-13(2)6-3-7-17(13)12(18)10-11(21(14,19)20)9(15-16-10)8-4-5-8/h8H,3-7H2,1-2H3,(H,15,16). The SMILES string of the molecule is CC1(C)CCCN1C(=O)c1n[nH]c(C2CC2)c1S(=O)(=O)Cl. The van der Waals surface area contributed by atoms with E-state index in [0.29, 0.717) is 12.2 Å². The van der Waals surface area contributed by atoms with Crippen LogP contribution in [-0.2, 0) is 9.05 Å². The van der Waals surface area contributed by atoms with Crippen molar-refractivity contribution in [2.75, 3.05) is 6.54 Å². The molecule has 6 nitrogen and oxygen atoms in total. The Kier molecular flexibility index (Phi) is 3.33. The molecular formula is C13H18ClN3O3S. The van der Waals surface area contributed by atoms with E-state index in [4.69, 9.17) is 10.7 Å². The van der Waals surface area contributed by atoms with E-state index in [-0.39, 0.29) is 28.0 Å². The van der Waals surface area contributed by atoms with Crippen molar-refractivity contribution in [2.24, 2.45) is 0 Å². The maximum absolute atomic E-state index is 12.7. The van der Waals surface area contributed by atoms with Gasteiger partial charge in [0.2, 0.25) is 0 Å². The molecule has 8 heteroatoms. The van der Waals surface area contributed by atoms with E-state index >= 15 is 0 Å². The van der Waals surface area contributed by atoms with Gasteiger partial charge in [0.1, 0.15) is 4.90 Å². The van der Waals surface area contributed by atoms with Gasteiger partial charge in [0, 0.05) is 28.7 Å². The minimum atomic E-state index is -4.01. The van der Waals surface area contributed by atoms with Crippen molar-refractivity contribution in [2.45, 2.75) is 55.9 Å². The van der Waals surface area contributed by atoms with Crippen LogP contribution in [0.1, 0.15) is 61.6 Å². The number of amides is 1. The third-order valence-electron chi connectivity index (χ3n) is 4.33. The summed E-state index contributed by atoms with van der Waals surface area (Å²) in [7, 11) is 1.54. The van der Waals surface area contributed by atoms with Crippen molar-refractivity contribution >= 4 is 25.6 Å². The number of nitrogens with one attached hydrogen (secondary N) is 1. The molecule has 2 heterocycles. The molecule has 1 saturated heterocycles. The molecule has 0 atom stereocenters. The zero-order valence-electron chi connectivity index (χ0n) is 12.0. The van der Waals surface area contributed by atoms with E-state index in [1.165, 1.54) is 0 Å². The minimum Gasteiger partial charge on any atom is -0.332 e. The third-order valence-corrected chi connectivity index (χ3v) is 5.69. The van der Waals surface area contributed by atoms with Gasteiger partial charge in [0.15, 0.2) is 5.69 Å². The number of nitrogens with zero attached hydrogens (tertiary/aromatic N) is 2. The largest absolute Gasteiger partial charge is 0.332 e. The second-order valence-corrected chi connectivity index (χ2v) is 8.90. The number of carbonyl (C=O) groups excluding carboxylic acids is 1. The molecule has 2 aliphatic rings. The molecule has 0 aromatic carbocycles. The number of aromatic amines is 1. The van der Waals surface area contributed by atoms with Crippen LogP contribution in [0.15, 0.2) is 4.90 Å². The number of hydrogen-bond donors (Lipinski definition) is 1. The minimum absolute atomic E-state index is 0.0677. The molecule has 21 heavy (non-hydrogen) atoms. The molecule has 1 saturated carbocycles. The summed E-state index contributed by atoms with van der Waals surface area (Å²) in [6.45, 7) is 4.56. The monoisotopic (exact) mass is 331 g/mol. The Morgan fingerprint density at radius 2 is 2.10 bits per heavy atom. The average molecular weight is 332 g/mol. The number of carbonyl (C=O) groups is 1. The lowest BCUT2D eigenvalue weighted by atomic mass is 10.0. The number of aromatic nitrogens is 2. The highest BCUT2D eigenvalue weighted by Gasteiger charge is 2.41. The Morgan fingerprint density at radius 3 is 2.57 bits per heavy atom. The zero-order chi connectivity index (χ0) is 15.4. The molecule has 0 bridgehead atoms. The molecule has 1 aromatic rings. The van der Waals surface area contributed by atoms with Gasteiger partial charge >= 0.3 is 0 Å². The van der Waals surface area contributed by atoms with Gasteiger partial charge in [-0.25, -0.2) is 8.42 Å². The maximum Gasteiger partial charge on any atom is 0.276 e. The molecule has 1 aliphatic carbocycles. The summed E-state index contributed by atoms with van der Waals surface area (Å²) in [6, 6.07) is 0. The predicted octanol–water partition coefficient (Wildman–Crippen LogP) is 2.23. The molecule has 1 aliphatic heterocycles. The van der Waals surface area contributed by atoms with Gasteiger partial charge in [0.05, 0.1) is 5.69 Å². The fourth-order valence-corrected chi connectivity index (χ4v) is 4.30. The van der Waals surface area contributed by atoms with Crippen LogP contribution in [0.5, 0.6) is 0 Å². The smallest absolute Gasteiger partial charge is 0.276 e. The summed E-state index contributed by atoms with van der Waals surface area (Å²) in [4.78, 5) is 14.3. The first-order valence-corrected chi connectivity index (χ1v) is 9.37. The lowest BCUT2D eigenvalue weighted by Gasteiger charge is -2.31. The van der Waals surface area contributed by atoms with Crippen molar-refractivity contribution < 1.29 is 13.2 Å². The van der Waals surface area contributed by atoms with Gasteiger partial charge in [-0.3, -0.25) is 9.89 Å². The Morgan fingerprint density at radius 1 is 1.43 bits per heavy atom. The van der Waals surface area contributed by atoms with E-state index in [2.05, 4.69) is 10.2 Å². The fourth-order valence-electron chi connectivity index (χ4n) is 3.00. The second kappa shape index (κ2) is 4.71. The van der Waals surface area contributed by atoms with Crippen LogP contribution < -0.4 is 0 Å². The quantitative estimate of drug-likeness (QED) is 0.861. The predicted molar refractivity (Wildman–Crippen MR) is 78.0 cm³/mol. The van der Waals surface area contributed by atoms with Gasteiger partial charge in [-0.2, -0.15) is 5.10 Å². The van der Waals surface area contributed by atoms with Crippen molar-refractivity contribution in [1.29, 1.82) is 0 Å². The van der Waals surface area contributed by atoms with Crippen LogP contribution in [0.3, 0.4) is 0 Å². The average Bonchev–Trinajstić information content (AvgIpc) is 2.99. The molecule has 1 N–H and O–H groups in total. The number of hydrogen-bond acceptors (Lipinski definition) is 4. The van der Waals surface area contributed by atoms with Crippen molar-refractivity contribution in [3.8, 4) is 0 Å². The van der Waals surface area contributed by atoms with Gasteiger partial charge in [-0.1, -0.05) is 0 Å². The van der Waals surface area contributed by atoms with Gasteiger partial charge in [-0.05, 0) is 39.5 Å². The van der Waals surface area contributed by atoms with Crippen molar-refractivity contribution in [1.82, 2.24) is 15.1 Å². The summed E-state index contributed by atoms with van der Waals surface area (Å²) in [5.74, 6) is -0.242. The molecule has 0 radical (unpaired) electrons. The molecule has 1 amide bonds. The molecule has 3 rings (SSSR count). The van der Waals surface area contributed by atoms with E-state index in [1.54, 1.807) is 4.90 Å². The van der Waals surface area contributed by atoms with Crippen LogP contribution in [0.25, 0.3) is 0 Å². The van der Waals surface area contributed by atoms with Gasteiger partial charge < -0.3 is 4.90 Å². The highest BCUT2D eigenvalue weighted by molar-refractivity contribution is 8.13.